The zero-order valence-electron chi connectivity index (χ0n) is 11.8. The highest BCUT2D eigenvalue weighted by Gasteiger charge is 2.47. The van der Waals surface area contributed by atoms with E-state index >= 15 is 0 Å². The molecule has 1 fully saturated rings. The van der Waals surface area contributed by atoms with Gasteiger partial charge in [0.25, 0.3) is 10.2 Å². The first kappa shape index (κ1) is 16.4. The maximum atomic E-state index is 12.1. The van der Waals surface area contributed by atoms with E-state index in [1.165, 1.54) is 4.31 Å². The first-order chi connectivity index (χ1) is 8.73. The summed E-state index contributed by atoms with van der Waals surface area (Å²) in [5.41, 5.74) is -0.915. The van der Waals surface area contributed by atoms with Crippen LogP contribution < -0.4 is 4.72 Å². The van der Waals surface area contributed by atoms with Crippen LogP contribution in [0.25, 0.3) is 0 Å². The summed E-state index contributed by atoms with van der Waals surface area (Å²) in [4.78, 5) is 11.4. The Morgan fingerprint density at radius 3 is 2.58 bits per heavy atom. The summed E-state index contributed by atoms with van der Waals surface area (Å²) in [6.07, 6.45) is 1.64. The molecule has 0 amide bonds. The van der Waals surface area contributed by atoms with Gasteiger partial charge in [-0.05, 0) is 18.8 Å². The summed E-state index contributed by atoms with van der Waals surface area (Å²) in [7, 11) is -3.56. The number of nitrogens with zero attached hydrogens (tertiary/aromatic N) is 1. The number of aliphatic carboxylic acids is 1. The molecule has 1 aliphatic rings. The summed E-state index contributed by atoms with van der Waals surface area (Å²) < 4.78 is 27.9. The molecule has 0 aliphatic carbocycles. The Morgan fingerprint density at radius 1 is 1.47 bits per heavy atom. The molecule has 112 valence electrons. The average Bonchev–Trinajstić information content (AvgIpc) is 2.73. The lowest BCUT2D eigenvalue weighted by molar-refractivity contribution is -0.148. The molecule has 0 saturated carbocycles. The molecule has 1 atom stereocenters. The molecule has 0 radical (unpaired) electrons. The molecular formula is C12H24N2O4S. The second-order valence-electron chi connectivity index (χ2n) is 5.67. The molecule has 1 saturated heterocycles. The fourth-order valence-corrected chi connectivity index (χ4v) is 3.84. The monoisotopic (exact) mass is 292 g/mol. The van der Waals surface area contributed by atoms with Gasteiger partial charge in [0, 0.05) is 19.6 Å². The van der Waals surface area contributed by atoms with Gasteiger partial charge < -0.3 is 5.11 Å². The lowest BCUT2D eigenvalue weighted by Crippen LogP contribution is -2.43. The van der Waals surface area contributed by atoms with Crippen molar-refractivity contribution in [2.45, 2.75) is 40.0 Å². The molecule has 1 rings (SSSR count). The number of hydrogen-bond acceptors (Lipinski definition) is 3. The molecule has 0 aromatic rings. The minimum absolute atomic E-state index is 0.0730. The molecule has 1 heterocycles. The number of carboxylic acids is 1. The van der Waals surface area contributed by atoms with Gasteiger partial charge in [0.15, 0.2) is 0 Å². The predicted molar refractivity (Wildman–Crippen MR) is 72.9 cm³/mol. The molecule has 1 aliphatic heterocycles. The molecule has 1 unspecified atom stereocenters. The van der Waals surface area contributed by atoms with Crippen molar-refractivity contribution in [2.24, 2.45) is 11.3 Å². The summed E-state index contributed by atoms with van der Waals surface area (Å²) >= 11 is 0. The van der Waals surface area contributed by atoms with Crippen molar-refractivity contribution in [1.29, 1.82) is 0 Å². The van der Waals surface area contributed by atoms with Gasteiger partial charge in [0.05, 0.1) is 5.41 Å². The topological polar surface area (TPSA) is 86.7 Å². The van der Waals surface area contributed by atoms with Crippen molar-refractivity contribution in [2.75, 3.05) is 19.6 Å². The molecule has 0 aromatic heterocycles. The largest absolute Gasteiger partial charge is 0.481 e. The van der Waals surface area contributed by atoms with Gasteiger partial charge in [-0.25, -0.2) is 4.72 Å². The van der Waals surface area contributed by atoms with Gasteiger partial charge in [-0.3, -0.25) is 4.79 Å². The first-order valence-electron chi connectivity index (χ1n) is 6.71. The van der Waals surface area contributed by atoms with Crippen molar-refractivity contribution in [1.82, 2.24) is 9.03 Å². The molecule has 0 spiro atoms. The third-order valence-corrected chi connectivity index (χ3v) is 5.04. The van der Waals surface area contributed by atoms with E-state index in [4.69, 9.17) is 0 Å². The van der Waals surface area contributed by atoms with Crippen LogP contribution in [-0.2, 0) is 15.0 Å². The molecule has 7 heteroatoms. The standard InChI is InChI=1S/C12H24N2O4S/c1-4-5-12(11(15)16)6-7-14(9-12)19(17,18)13-8-10(2)3/h10,13H,4-9H2,1-3H3,(H,15,16). The Kier molecular flexibility index (Phi) is 5.34. The van der Waals surface area contributed by atoms with Crippen molar-refractivity contribution in [3.8, 4) is 0 Å². The lowest BCUT2D eigenvalue weighted by Gasteiger charge is -2.24. The van der Waals surface area contributed by atoms with Crippen LogP contribution in [-0.4, -0.2) is 43.4 Å². The number of rotatable bonds is 7. The highest BCUT2D eigenvalue weighted by Crippen LogP contribution is 2.36. The molecule has 2 N–H and O–H groups in total. The average molecular weight is 292 g/mol. The van der Waals surface area contributed by atoms with E-state index < -0.39 is 21.6 Å². The first-order valence-corrected chi connectivity index (χ1v) is 8.15. The van der Waals surface area contributed by atoms with E-state index in [1.807, 2.05) is 20.8 Å². The van der Waals surface area contributed by atoms with Gasteiger partial charge >= 0.3 is 5.97 Å². The van der Waals surface area contributed by atoms with Crippen LogP contribution in [0.1, 0.15) is 40.0 Å². The minimum atomic E-state index is -3.56. The van der Waals surface area contributed by atoms with E-state index in [1.54, 1.807) is 0 Å². The lowest BCUT2D eigenvalue weighted by atomic mass is 9.83. The van der Waals surface area contributed by atoms with Crippen LogP contribution >= 0.6 is 0 Å². The van der Waals surface area contributed by atoms with Crippen molar-refractivity contribution >= 4 is 16.2 Å². The van der Waals surface area contributed by atoms with E-state index in [9.17, 15) is 18.3 Å². The van der Waals surface area contributed by atoms with Crippen LogP contribution in [0.5, 0.6) is 0 Å². The molecular weight excluding hydrogens is 268 g/mol. The van der Waals surface area contributed by atoms with Gasteiger partial charge in [0.2, 0.25) is 0 Å². The van der Waals surface area contributed by atoms with Gasteiger partial charge in [-0.1, -0.05) is 27.2 Å². The maximum absolute atomic E-state index is 12.1. The number of hydrogen-bond donors (Lipinski definition) is 2. The van der Waals surface area contributed by atoms with Crippen molar-refractivity contribution in [3.05, 3.63) is 0 Å². The normalized spacial score (nSPS) is 25.1. The summed E-state index contributed by atoms with van der Waals surface area (Å²) in [6.45, 7) is 6.48. The van der Waals surface area contributed by atoms with E-state index in [0.29, 0.717) is 19.4 Å². The number of carbonyl (C=O) groups is 1. The highest BCUT2D eigenvalue weighted by molar-refractivity contribution is 7.87. The molecule has 6 nitrogen and oxygen atoms in total. The smallest absolute Gasteiger partial charge is 0.311 e. The number of carboxylic acid groups (broad SMARTS) is 1. The Balaban J connectivity index is 2.76. The van der Waals surface area contributed by atoms with Gasteiger partial charge in [0.1, 0.15) is 0 Å². The van der Waals surface area contributed by atoms with E-state index in [2.05, 4.69) is 4.72 Å². The quantitative estimate of drug-likeness (QED) is 0.734. The summed E-state index contributed by atoms with van der Waals surface area (Å²) in [6, 6.07) is 0. The fourth-order valence-electron chi connectivity index (χ4n) is 2.37. The maximum Gasteiger partial charge on any atom is 0.311 e. The Labute approximate surface area is 115 Å². The van der Waals surface area contributed by atoms with Crippen LogP contribution in [0.15, 0.2) is 0 Å². The Hall–Kier alpha value is -0.660. The third-order valence-electron chi connectivity index (χ3n) is 3.51. The Bertz CT molecular complexity index is 421. The third kappa shape index (κ3) is 3.90. The highest BCUT2D eigenvalue weighted by atomic mass is 32.2. The number of nitrogens with one attached hydrogen (secondary N) is 1. The van der Waals surface area contributed by atoms with E-state index in [0.717, 1.165) is 6.42 Å². The van der Waals surface area contributed by atoms with Crippen LogP contribution in [0, 0.1) is 11.3 Å². The zero-order chi connectivity index (χ0) is 14.7. The second-order valence-corrected chi connectivity index (χ2v) is 7.42. The Morgan fingerprint density at radius 2 is 2.11 bits per heavy atom. The second kappa shape index (κ2) is 6.19. The molecule has 0 bridgehead atoms. The van der Waals surface area contributed by atoms with E-state index in [-0.39, 0.29) is 19.0 Å². The van der Waals surface area contributed by atoms with Crippen LogP contribution in [0.4, 0.5) is 0 Å². The summed E-state index contributed by atoms with van der Waals surface area (Å²) in [5.74, 6) is -0.673. The van der Waals surface area contributed by atoms with Gasteiger partial charge in [-0.2, -0.15) is 12.7 Å². The van der Waals surface area contributed by atoms with Crippen LogP contribution in [0.3, 0.4) is 0 Å². The van der Waals surface area contributed by atoms with Gasteiger partial charge in [-0.15, -0.1) is 0 Å². The summed E-state index contributed by atoms with van der Waals surface area (Å²) in [5, 5.41) is 9.35. The molecule has 0 aromatic carbocycles. The SMILES string of the molecule is CCCC1(C(=O)O)CCN(S(=O)(=O)NCC(C)C)C1. The van der Waals surface area contributed by atoms with Crippen molar-refractivity contribution in [3.63, 3.8) is 0 Å². The zero-order valence-corrected chi connectivity index (χ0v) is 12.7. The predicted octanol–water partition coefficient (Wildman–Crippen LogP) is 1.05. The minimum Gasteiger partial charge on any atom is -0.481 e. The van der Waals surface area contributed by atoms with Crippen molar-refractivity contribution < 1.29 is 18.3 Å². The van der Waals surface area contributed by atoms with Crippen LogP contribution in [0.2, 0.25) is 0 Å². The fraction of sp³-hybridized carbons (Fsp3) is 0.917. The molecule has 19 heavy (non-hydrogen) atoms.